The predicted octanol–water partition coefficient (Wildman–Crippen LogP) is 2.96. The Balaban J connectivity index is 2.36. The number of carbonyl (C=O) groups excluding carboxylic acids is 1. The van der Waals surface area contributed by atoms with Crippen molar-refractivity contribution in [2.24, 2.45) is 7.05 Å². The van der Waals surface area contributed by atoms with Gasteiger partial charge in [-0.15, -0.1) is 0 Å². The first-order chi connectivity index (χ1) is 9.81. The lowest BCUT2D eigenvalue weighted by Gasteiger charge is -2.05. The Labute approximate surface area is 129 Å². The Bertz CT molecular complexity index is 739. The van der Waals surface area contributed by atoms with Crippen molar-refractivity contribution in [1.29, 1.82) is 0 Å². The average Bonchev–Trinajstić information content (AvgIpc) is 2.68. The summed E-state index contributed by atoms with van der Waals surface area (Å²) in [5, 5.41) is 17.7. The van der Waals surface area contributed by atoms with Crippen LogP contribution < -0.4 is 5.32 Å². The van der Waals surface area contributed by atoms with Crippen LogP contribution >= 0.6 is 15.9 Å². The van der Waals surface area contributed by atoms with Crippen molar-refractivity contribution in [2.45, 2.75) is 13.8 Å². The number of benzene rings is 1. The van der Waals surface area contributed by atoms with Gasteiger partial charge in [0, 0.05) is 13.1 Å². The molecule has 2 rings (SSSR count). The van der Waals surface area contributed by atoms with Crippen molar-refractivity contribution in [3.63, 3.8) is 0 Å². The van der Waals surface area contributed by atoms with E-state index in [0.717, 1.165) is 11.3 Å². The molecule has 0 fully saturated rings. The first-order valence-corrected chi connectivity index (χ1v) is 6.86. The Kier molecular flexibility index (Phi) is 4.08. The highest BCUT2D eigenvalue weighted by Crippen LogP contribution is 2.27. The van der Waals surface area contributed by atoms with Gasteiger partial charge in [0.1, 0.15) is 5.69 Å². The van der Waals surface area contributed by atoms with Gasteiger partial charge in [0.05, 0.1) is 15.1 Å². The van der Waals surface area contributed by atoms with Crippen LogP contribution in [0.15, 0.2) is 22.7 Å². The van der Waals surface area contributed by atoms with Gasteiger partial charge < -0.3 is 5.32 Å². The molecule has 1 aromatic carbocycles. The third-order valence-electron chi connectivity index (χ3n) is 3.07. The number of halogens is 1. The number of nitro benzene ring substituents is 1. The smallest absolute Gasteiger partial charge is 0.293 e. The predicted molar refractivity (Wildman–Crippen MR) is 81.4 cm³/mol. The van der Waals surface area contributed by atoms with Crippen molar-refractivity contribution in [1.82, 2.24) is 9.78 Å². The summed E-state index contributed by atoms with van der Waals surface area (Å²) in [6.07, 6.45) is 0. The SMILES string of the molecule is Cc1ccc(NC(=O)c2nn(C)c(C)c2Br)c([N+](=O)[O-])c1. The second-order valence-corrected chi connectivity index (χ2v) is 5.40. The number of hydrogen-bond donors (Lipinski definition) is 1. The normalized spacial score (nSPS) is 10.5. The van der Waals surface area contributed by atoms with Crippen LogP contribution in [0.3, 0.4) is 0 Å². The molecule has 0 saturated carbocycles. The molecule has 0 unspecified atom stereocenters. The van der Waals surface area contributed by atoms with Gasteiger partial charge in [-0.05, 0) is 41.4 Å². The fourth-order valence-corrected chi connectivity index (χ4v) is 2.32. The Morgan fingerprint density at radius 2 is 2.10 bits per heavy atom. The van der Waals surface area contributed by atoms with Crippen molar-refractivity contribution in [3.8, 4) is 0 Å². The fourth-order valence-electron chi connectivity index (χ4n) is 1.81. The van der Waals surface area contributed by atoms with E-state index >= 15 is 0 Å². The molecule has 0 saturated heterocycles. The lowest BCUT2D eigenvalue weighted by Crippen LogP contribution is -2.14. The van der Waals surface area contributed by atoms with Crippen LogP contribution in [0, 0.1) is 24.0 Å². The molecule has 0 radical (unpaired) electrons. The van der Waals surface area contributed by atoms with Crippen LogP contribution in [0.1, 0.15) is 21.7 Å². The molecule has 110 valence electrons. The maximum Gasteiger partial charge on any atom is 0.293 e. The molecule has 21 heavy (non-hydrogen) atoms. The number of nitro groups is 1. The number of aromatic nitrogens is 2. The van der Waals surface area contributed by atoms with Gasteiger partial charge in [-0.25, -0.2) is 0 Å². The average molecular weight is 353 g/mol. The molecule has 1 aromatic heterocycles. The lowest BCUT2D eigenvalue weighted by molar-refractivity contribution is -0.384. The number of nitrogens with one attached hydrogen (secondary N) is 1. The van der Waals surface area contributed by atoms with Crippen molar-refractivity contribution < 1.29 is 9.72 Å². The van der Waals surface area contributed by atoms with Crippen LogP contribution in [-0.2, 0) is 7.05 Å². The second kappa shape index (κ2) is 5.65. The standard InChI is InChI=1S/C13H13BrN4O3/c1-7-4-5-9(10(6-7)18(20)21)15-13(19)12-11(14)8(2)17(3)16-12/h4-6H,1-3H3,(H,15,19). The zero-order chi connectivity index (χ0) is 15.7. The molecule has 1 N–H and O–H groups in total. The van der Waals surface area contributed by atoms with Gasteiger partial charge in [-0.3, -0.25) is 19.6 Å². The fraction of sp³-hybridized carbons (Fsp3) is 0.231. The van der Waals surface area contributed by atoms with Crippen LogP contribution in [0.4, 0.5) is 11.4 Å². The highest BCUT2D eigenvalue weighted by Gasteiger charge is 2.21. The van der Waals surface area contributed by atoms with Crippen molar-refractivity contribution in [3.05, 3.63) is 49.7 Å². The Hall–Kier alpha value is -2.22. The summed E-state index contributed by atoms with van der Waals surface area (Å²) >= 11 is 3.30. The maximum absolute atomic E-state index is 12.2. The van der Waals surface area contributed by atoms with E-state index in [9.17, 15) is 14.9 Å². The summed E-state index contributed by atoms with van der Waals surface area (Å²) in [7, 11) is 1.71. The van der Waals surface area contributed by atoms with Gasteiger partial charge in [-0.1, -0.05) is 6.07 Å². The zero-order valence-corrected chi connectivity index (χ0v) is 13.3. The van der Waals surface area contributed by atoms with E-state index < -0.39 is 10.8 Å². The molecule has 1 amide bonds. The number of aryl methyl sites for hydroxylation is 2. The number of nitrogens with zero attached hydrogens (tertiary/aromatic N) is 3. The highest BCUT2D eigenvalue weighted by atomic mass is 79.9. The van der Waals surface area contributed by atoms with Gasteiger partial charge in [0.2, 0.25) is 0 Å². The Morgan fingerprint density at radius 1 is 1.43 bits per heavy atom. The van der Waals surface area contributed by atoms with E-state index in [1.165, 1.54) is 12.1 Å². The van der Waals surface area contributed by atoms with Gasteiger partial charge in [0.15, 0.2) is 5.69 Å². The molecule has 0 aliphatic heterocycles. The van der Waals surface area contributed by atoms with E-state index in [2.05, 4.69) is 26.3 Å². The molecule has 0 aliphatic carbocycles. The Morgan fingerprint density at radius 3 is 2.62 bits per heavy atom. The quantitative estimate of drug-likeness (QED) is 0.679. The van der Waals surface area contributed by atoms with Gasteiger partial charge in [0.25, 0.3) is 11.6 Å². The number of hydrogen-bond acceptors (Lipinski definition) is 4. The summed E-state index contributed by atoms with van der Waals surface area (Å²) in [4.78, 5) is 22.7. The summed E-state index contributed by atoms with van der Waals surface area (Å²) in [5.74, 6) is -0.502. The number of amides is 1. The molecule has 2 aromatic rings. The molecule has 7 nitrogen and oxygen atoms in total. The number of rotatable bonds is 3. The topological polar surface area (TPSA) is 90.1 Å². The third kappa shape index (κ3) is 2.94. The van der Waals surface area contributed by atoms with Crippen LogP contribution in [-0.4, -0.2) is 20.6 Å². The number of carbonyl (C=O) groups is 1. The summed E-state index contributed by atoms with van der Waals surface area (Å²) in [6.45, 7) is 3.56. The van der Waals surface area contributed by atoms with Gasteiger partial charge >= 0.3 is 0 Å². The van der Waals surface area contributed by atoms with Crippen LogP contribution in [0.25, 0.3) is 0 Å². The number of anilines is 1. The summed E-state index contributed by atoms with van der Waals surface area (Å²) in [5.41, 5.74) is 1.72. The van der Waals surface area contributed by atoms with E-state index in [1.54, 1.807) is 24.7 Å². The van der Waals surface area contributed by atoms with Gasteiger partial charge in [-0.2, -0.15) is 5.10 Å². The molecule has 0 atom stereocenters. The largest absolute Gasteiger partial charge is 0.315 e. The minimum atomic E-state index is -0.526. The lowest BCUT2D eigenvalue weighted by atomic mass is 10.2. The van der Waals surface area contributed by atoms with Crippen molar-refractivity contribution in [2.75, 3.05) is 5.32 Å². The minimum Gasteiger partial charge on any atom is -0.315 e. The minimum absolute atomic E-state index is 0.144. The second-order valence-electron chi connectivity index (χ2n) is 4.60. The highest BCUT2D eigenvalue weighted by molar-refractivity contribution is 9.10. The van der Waals surface area contributed by atoms with Crippen LogP contribution in [0.5, 0.6) is 0 Å². The summed E-state index contributed by atoms with van der Waals surface area (Å²) in [6, 6.07) is 4.62. The monoisotopic (exact) mass is 352 g/mol. The van der Waals surface area contributed by atoms with E-state index in [4.69, 9.17) is 0 Å². The van der Waals surface area contributed by atoms with Crippen LogP contribution in [0.2, 0.25) is 0 Å². The molecular formula is C13H13BrN4O3. The molecular weight excluding hydrogens is 340 g/mol. The molecule has 0 bridgehead atoms. The van der Waals surface area contributed by atoms with E-state index in [0.29, 0.717) is 4.47 Å². The molecule has 0 aliphatic rings. The third-order valence-corrected chi connectivity index (χ3v) is 4.02. The summed E-state index contributed by atoms with van der Waals surface area (Å²) < 4.78 is 2.12. The maximum atomic E-state index is 12.2. The first-order valence-electron chi connectivity index (χ1n) is 6.06. The zero-order valence-electron chi connectivity index (χ0n) is 11.7. The van der Waals surface area contributed by atoms with Crippen molar-refractivity contribution >= 4 is 33.2 Å². The molecule has 0 spiro atoms. The van der Waals surface area contributed by atoms with E-state index in [1.807, 2.05) is 6.92 Å². The molecule has 8 heteroatoms. The molecule has 1 heterocycles. The first kappa shape index (κ1) is 15.2. The van der Waals surface area contributed by atoms with E-state index in [-0.39, 0.29) is 17.1 Å².